The molecule has 2 N–H and O–H groups in total. The van der Waals surface area contributed by atoms with E-state index in [0.29, 0.717) is 23.4 Å². The molecule has 9 heteroatoms. The first-order valence-electron chi connectivity index (χ1n) is 8.30. The van der Waals surface area contributed by atoms with Gasteiger partial charge in [0.1, 0.15) is 5.75 Å². The molecule has 0 bridgehead atoms. The van der Waals surface area contributed by atoms with Crippen LogP contribution in [0.1, 0.15) is 22.3 Å². The zero-order valence-electron chi connectivity index (χ0n) is 15.0. The van der Waals surface area contributed by atoms with E-state index in [4.69, 9.17) is 5.11 Å². The zero-order valence-corrected chi connectivity index (χ0v) is 15.0. The Hall–Kier alpha value is -3.23. The third-order valence-corrected chi connectivity index (χ3v) is 3.73. The minimum Gasteiger partial charge on any atom is -0.481 e. The lowest BCUT2D eigenvalue weighted by Crippen LogP contribution is -2.26. The van der Waals surface area contributed by atoms with E-state index in [1.807, 2.05) is 0 Å². The van der Waals surface area contributed by atoms with Crippen molar-refractivity contribution in [3.05, 3.63) is 59.7 Å². The van der Waals surface area contributed by atoms with Gasteiger partial charge in [-0.15, -0.1) is 13.2 Å². The first kappa shape index (κ1) is 21.1. The van der Waals surface area contributed by atoms with Crippen molar-refractivity contribution in [1.82, 2.24) is 5.32 Å². The molecule has 0 aliphatic rings. The monoisotopic (exact) mass is 396 g/mol. The van der Waals surface area contributed by atoms with Crippen molar-refractivity contribution in [3.8, 4) is 5.75 Å². The average Bonchev–Trinajstić information content (AvgIpc) is 2.60. The van der Waals surface area contributed by atoms with Gasteiger partial charge in [-0.25, -0.2) is 0 Å². The number of amides is 1. The highest BCUT2D eigenvalue weighted by atomic mass is 19.4. The molecular weight excluding hydrogens is 377 g/mol. The molecule has 0 saturated heterocycles. The Kier molecular flexibility index (Phi) is 6.86. The number of nitrogens with zero attached hydrogens (tertiary/aromatic N) is 1. The maximum absolute atomic E-state index is 12.4. The van der Waals surface area contributed by atoms with E-state index >= 15 is 0 Å². The number of carbonyl (C=O) groups excluding carboxylic acids is 1. The Morgan fingerprint density at radius 2 is 1.86 bits per heavy atom. The van der Waals surface area contributed by atoms with Gasteiger partial charge in [-0.05, 0) is 35.9 Å². The van der Waals surface area contributed by atoms with Crippen LogP contribution in [0.4, 0.5) is 18.9 Å². The molecular formula is C19H19F3N2O4. The number of alkyl halides is 3. The highest BCUT2D eigenvalue weighted by molar-refractivity contribution is 5.95. The number of aliphatic carboxylic acids is 1. The van der Waals surface area contributed by atoms with Crippen molar-refractivity contribution in [3.63, 3.8) is 0 Å². The first-order chi connectivity index (χ1) is 13.1. The van der Waals surface area contributed by atoms with Crippen LogP contribution in [-0.4, -0.2) is 36.9 Å². The van der Waals surface area contributed by atoms with Crippen molar-refractivity contribution in [1.29, 1.82) is 0 Å². The fourth-order valence-electron chi connectivity index (χ4n) is 2.48. The third kappa shape index (κ3) is 6.82. The topological polar surface area (TPSA) is 78.9 Å². The Bertz CT molecular complexity index is 840. The van der Waals surface area contributed by atoms with Gasteiger partial charge in [-0.1, -0.05) is 18.2 Å². The fourth-order valence-corrected chi connectivity index (χ4v) is 2.48. The van der Waals surface area contributed by atoms with E-state index in [0.717, 1.165) is 0 Å². The summed E-state index contributed by atoms with van der Waals surface area (Å²) in [5, 5.41) is 11.1. The summed E-state index contributed by atoms with van der Waals surface area (Å²) in [6.07, 6.45) is -4.94. The van der Waals surface area contributed by atoms with Crippen LogP contribution in [0.25, 0.3) is 0 Å². The predicted octanol–water partition coefficient (Wildman–Crippen LogP) is 3.43. The molecule has 2 aromatic rings. The molecule has 0 aliphatic carbocycles. The highest BCUT2D eigenvalue weighted by Gasteiger charge is 2.31. The summed E-state index contributed by atoms with van der Waals surface area (Å²) in [6, 6.07) is 12.3. The van der Waals surface area contributed by atoms with Gasteiger partial charge in [0, 0.05) is 31.4 Å². The quantitative estimate of drug-likeness (QED) is 0.715. The summed E-state index contributed by atoms with van der Waals surface area (Å²) < 4.78 is 41.0. The lowest BCUT2D eigenvalue weighted by molar-refractivity contribution is -0.274. The average molecular weight is 396 g/mol. The fraction of sp³-hybridized carbons (Fsp3) is 0.263. The van der Waals surface area contributed by atoms with E-state index in [9.17, 15) is 22.8 Å². The molecule has 28 heavy (non-hydrogen) atoms. The number of carbonyl (C=O) groups is 2. The molecule has 1 amide bonds. The van der Waals surface area contributed by atoms with Crippen LogP contribution in [0, 0.1) is 0 Å². The van der Waals surface area contributed by atoms with Crippen LogP contribution in [-0.2, 0) is 11.3 Å². The molecule has 0 aromatic heterocycles. The van der Waals surface area contributed by atoms with Gasteiger partial charge in [-0.2, -0.15) is 0 Å². The molecule has 150 valence electrons. The lowest BCUT2D eigenvalue weighted by atomic mass is 10.1. The van der Waals surface area contributed by atoms with Gasteiger partial charge in [0.15, 0.2) is 0 Å². The second-order valence-corrected chi connectivity index (χ2v) is 6.00. The number of hydrogen-bond donors (Lipinski definition) is 2. The number of rotatable bonds is 8. The summed E-state index contributed by atoms with van der Waals surface area (Å²) in [5.74, 6) is -1.72. The van der Waals surface area contributed by atoms with Gasteiger partial charge in [0.25, 0.3) is 5.91 Å². The van der Waals surface area contributed by atoms with Gasteiger partial charge < -0.3 is 20.1 Å². The van der Waals surface area contributed by atoms with Crippen molar-refractivity contribution >= 4 is 17.6 Å². The normalized spacial score (nSPS) is 11.0. The van der Waals surface area contributed by atoms with Crippen LogP contribution in [0.5, 0.6) is 5.75 Å². The number of nitrogens with one attached hydrogen (secondary N) is 1. The molecule has 2 rings (SSSR count). The lowest BCUT2D eigenvalue weighted by Gasteiger charge is -2.20. The Morgan fingerprint density at radius 3 is 2.54 bits per heavy atom. The van der Waals surface area contributed by atoms with E-state index in [-0.39, 0.29) is 18.7 Å². The Balaban J connectivity index is 2.04. The van der Waals surface area contributed by atoms with Crippen LogP contribution in [0.2, 0.25) is 0 Å². The summed E-state index contributed by atoms with van der Waals surface area (Å²) in [5.41, 5.74) is 1.62. The van der Waals surface area contributed by atoms with E-state index in [1.165, 1.54) is 18.2 Å². The predicted molar refractivity (Wildman–Crippen MR) is 96.3 cm³/mol. The second kappa shape index (κ2) is 9.12. The number of benzene rings is 2. The molecule has 2 aromatic carbocycles. The molecule has 0 radical (unpaired) electrons. The van der Waals surface area contributed by atoms with E-state index in [2.05, 4.69) is 10.1 Å². The van der Waals surface area contributed by atoms with Gasteiger partial charge in [0.05, 0.1) is 6.42 Å². The smallest absolute Gasteiger partial charge is 0.481 e. The van der Waals surface area contributed by atoms with E-state index < -0.39 is 18.2 Å². The Labute approximate surface area is 159 Å². The van der Waals surface area contributed by atoms with Crippen molar-refractivity contribution < 1.29 is 32.6 Å². The van der Waals surface area contributed by atoms with Gasteiger partial charge in [0.2, 0.25) is 0 Å². The maximum Gasteiger partial charge on any atom is 0.573 e. The standard InChI is InChI=1S/C19H19F3N2O4/c1-24(12-13-4-2-7-16(10-13)28-19(20,21)22)15-6-3-5-14(11-15)18(27)23-9-8-17(25)26/h2-7,10-11H,8-9,12H2,1H3,(H,23,27)(H,25,26). The number of hydrogen-bond acceptors (Lipinski definition) is 4. The molecule has 0 heterocycles. The summed E-state index contributed by atoms with van der Waals surface area (Å²) in [7, 11) is 1.73. The zero-order chi connectivity index (χ0) is 20.7. The molecule has 0 unspecified atom stereocenters. The summed E-state index contributed by atoms with van der Waals surface area (Å²) in [4.78, 5) is 24.4. The number of halogens is 3. The third-order valence-electron chi connectivity index (χ3n) is 3.73. The SMILES string of the molecule is CN(Cc1cccc(OC(F)(F)F)c1)c1cccc(C(=O)NCCC(=O)O)c1. The van der Waals surface area contributed by atoms with Gasteiger partial charge >= 0.3 is 12.3 Å². The van der Waals surface area contributed by atoms with Crippen LogP contribution < -0.4 is 15.0 Å². The highest BCUT2D eigenvalue weighted by Crippen LogP contribution is 2.24. The maximum atomic E-state index is 12.4. The van der Waals surface area contributed by atoms with Crippen molar-refractivity contribution in [2.45, 2.75) is 19.3 Å². The van der Waals surface area contributed by atoms with E-state index in [1.54, 1.807) is 42.3 Å². The molecule has 0 saturated carbocycles. The molecule has 0 aliphatic heterocycles. The summed E-state index contributed by atoms with van der Waals surface area (Å²) in [6.45, 7) is 0.305. The number of carboxylic acids is 1. The number of ether oxygens (including phenoxy) is 1. The minimum absolute atomic E-state index is 0.0141. The van der Waals surface area contributed by atoms with Crippen molar-refractivity contribution in [2.24, 2.45) is 0 Å². The Morgan fingerprint density at radius 1 is 1.14 bits per heavy atom. The number of anilines is 1. The first-order valence-corrected chi connectivity index (χ1v) is 8.30. The molecule has 0 atom stereocenters. The molecule has 6 nitrogen and oxygen atoms in total. The van der Waals surface area contributed by atoms with Crippen LogP contribution in [0.15, 0.2) is 48.5 Å². The largest absolute Gasteiger partial charge is 0.573 e. The number of carboxylic acid groups (broad SMARTS) is 1. The van der Waals surface area contributed by atoms with Gasteiger partial charge in [-0.3, -0.25) is 9.59 Å². The minimum atomic E-state index is -4.76. The molecule has 0 spiro atoms. The van der Waals surface area contributed by atoms with Crippen LogP contribution in [0.3, 0.4) is 0 Å². The van der Waals surface area contributed by atoms with Crippen molar-refractivity contribution in [2.75, 3.05) is 18.5 Å². The van der Waals surface area contributed by atoms with Crippen LogP contribution >= 0.6 is 0 Å². The second-order valence-electron chi connectivity index (χ2n) is 6.00. The summed E-state index contributed by atoms with van der Waals surface area (Å²) >= 11 is 0. The molecule has 0 fully saturated rings.